The molecule has 0 saturated heterocycles. The summed E-state index contributed by atoms with van der Waals surface area (Å²) in [5, 5.41) is 19.1. The van der Waals surface area contributed by atoms with Crippen molar-refractivity contribution < 1.29 is 37.7 Å². The highest BCUT2D eigenvalue weighted by molar-refractivity contribution is 9.10. The summed E-state index contributed by atoms with van der Waals surface area (Å²) >= 11 is 6.49. The summed E-state index contributed by atoms with van der Waals surface area (Å²) in [6, 6.07) is 10.3. The minimum Gasteiger partial charge on any atom is -0.464 e. The number of nitrogens with zero attached hydrogens (tertiary/aromatic N) is 8. The van der Waals surface area contributed by atoms with Gasteiger partial charge in [-0.05, 0) is 117 Å². The Labute approximate surface area is 347 Å². The summed E-state index contributed by atoms with van der Waals surface area (Å²) < 4.78 is 45.5. The number of imidazole rings is 2. The van der Waals surface area contributed by atoms with E-state index in [-0.39, 0.29) is 29.3 Å². The van der Waals surface area contributed by atoms with Gasteiger partial charge in [0, 0.05) is 55.9 Å². The molecule has 8 heterocycles. The molecule has 2 aliphatic carbocycles. The molecule has 18 heteroatoms. The Morgan fingerprint density at radius 3 is 1.91 bits per heavy atom. The van der Waals surface area contributed by atoms with Crippen molar-refractivity contribution in [3.63, 3.8) is 0 Å². The van der Waals surface area contributed by atoms with Crippen molar-refractivity contribution in [1.82, 2.24) is 38.7 Å². The van der Waals surface area contributed by atoms with Gasteiger partial charge in [-0.2, -0.15) is 10.2 Å². The third-order valence-electron chi connectivity index (χ3n) is 11.4. The standard InChI is InChI=1S/C20H18BrFN4O3.C15H12BrFN2O2.C5H6N2O/c1-25-15(3-4-23-25)18(27)17-16(20(28)29-2)24-19-12-7-13(21)14(22)8-11(12)9-5-10(6-9)26(17)19;1-21-15(20)13-6-19-8-2-7(3-8)9-5-12(17)11(16)4-10(9)14(19)18-13;1-7-5(4-8)2-3-6-7/h3-4,7-10,18,27H,5-6H2,1-2H3;4-8H,2-3H2,1H3;2-4H,1H3. The summed E-state index contributed by atoms with van der Waals surface area (Å²) in [6.07, 6.45) is 8.08. The zero-order chi connectivity index (χ0) is 41.2. The largest absolute Gasteiger partial charge is 0.464 e. The molecule has 1 N–H and O–H groups in total. The van der Waals surface area contributed by atoms with Crippen LogP contribution in [0.4, 0.5) is 8.78 Å². The smallest absolute Gasteiger partial charge is 0.358 e. The van der Waals surface area contributed by atoms with Gasteiger partial charge < -0.3 is 23.7 Å². The number of benzene rings is 2. The van der Waals surface area contributed by atoms with E-state index in [0.29, 0.717) is 49.5 Å². The fourth-order valence-electron chi connectivity index (χ4n) is 8.19. The molecule has 12 rings (SSSR count). The molecule has 0 radical (unpaired) electrons. The maximum absolute atomic E-state index is 14.2. The van der Waals surface area contributed by atoms with E-state index >= 15 is 0 Å². The molecule has 14 nitrogen and oxygen atoms in total. The molecule has 4 aliphatic heterocycles. The van der Waals surface area contributed by atoms with E-state index in [1.165, 1.54) is 18.9 Å². The second kappa shape index (κ2) is 15.4. The topological polar surface area (TPSA) is 161 Å². The molecule has 6 aliphatic rings. The number of carbonyl (C=O) groups excluding carboxylic acids is 3. The van der Waals surface area contributed by atoms with Gasteiger partial charge in [-0.3, -0.25) is 14.2 Å². The van der Waals surface area contributed by atoms with Crippen LogP contribution in [0.3, 0.4) is 0 Å². The zero-order valence-corrected chi connectivity index (χ0v) is 34.7. The lowest BCUT2D eigenvalue weighted by atomic mass is 9.75. The average molecular weight is 923 g/mol. The summed E-state index contributed by atoms with van der Waals surface area (Å²) in [5.41, 5.74) is 5.39. The first kappa shape index (κ1) is 39.5. The fraction of sp³-hybridized carbons (Fsp3) is 0.325. The Hall–Kier alpha value is -5.33. The molecule has 0 spiro atoms. The van der Waals surface area contributed by atoms with E-state index in [1.807, 2.05) is 9.13 Å². The number of halogens is 4. The Bertz CT molecular complexity index is 2600. The van der Waals surface area contributed by atoms with Gasteiger partial charge in [0.25, 0.3) is 0 Å². The first-order valence-electron chi connectivity index (χ1n) is 18.3. The predicted octanol–water partition coefficient (Wildman–Crippen LogP) is 7.39. The van der Waals surface area contributed by atoms with E-state index < -0.39 is 18.0 Å². The SMILES string of the molecule is COC(=O)c1cn2c(n1)-c1cc(Br)c(F)cc1C1CC2C1.COC(=O)c1nc2n(c1C(O)c1ccnn1C)C1CC(C1)c1cc(F)c(Br)cc1-2.Cn1nccc1C=O. The van der Waals surface area contributed by atoms with Crippen molar-refractivity contribution in [3.05, 3.63) is 115 Å². The van der Waals surface area contributed by atoms with Crippen LogP contribution in [-0.2, 0) is 23.6 Å². The number of ether oxygens (including phenoxy) is 2. The van der Waals surface area contributed by atoms with E-state index in [9.17, 15) is 28.3 Å². The lowest BCUT2D eigenvalue weighted by Crippen LogP contribution is -2.26. The zero-order valence-electron chi connectivity index (χ0n) is 31.6. The van der Waals surface area contributed by atoms with Gasteiger partial charge in [-0.25, -0.2) is 28.3 Å². The molecule has 6 aromatic rings. The lowest BCUT2D eigenvalue weighted by Gasteiger charge is -2.36. The number of rotatable bonds is 5. The molecule has 0 amide bonds. The number of aromatic nitrogens is 8. The van der Waals surface area contributed by atoms with Crippen LogP contribution in [0.25, 0.3) is 22.8 Å². The first-order chi connectivity index (χ1) is 27.8. The van der Waals surface area contributed by atoms with Gasteiger partial charge in [-0.1, -0.05) is 0 Å². The number of aliphatic hydroxyl groups excluding tert-OH is 1. The van der Waals surface area contributed by atoms with Crippen molar-refractivity contribution in [1.29, 1.82) is 0 Å². The molecule has 4 bridgehead atoms. The van der Waals surface area contributed by atoms with Gasteiger partial charge in [0.1, 0.15) is 35.1 Å². The molecule has 2 fully saturated rings. The highest BCUT2D eigenvalue weighted by atomic mass is 79.9. The number of esters is 2. The monoisotopic (exact) mass is 920 g/mol. The Morgan fingerprint density at radius 2 is 1.40 bits per heavy atom. The van der Waals surface area contributed by atoms with Crippen molar-refractivity contribution in [2.75, 3.05) is 14.2 Å². The number of aryl methyl sites for hydroxylation is 2. The maximum atomic E-state index is 14.2. The van der Waals surface area contributed by atoms with Gasteiger partial charge in [-0.15, -0.1) is 0 Å². The summed E-state index contributed by atoms with van der Waals surface area (Å²) in [4.78, 5) is 43.3. The third-order valence-corrected chi connectivity index (χ3v) is 12.6. The van der Waals surface area contributed by atoms with Crippen LogP contribution in [0.1, 0.15) is 110 Å². The van der Waals surface area contributed by atoms with Crippen LogP contribution < -0.4 is 0 Å². The lowest BCUT2D eigenvalue weighted by molar-refractivity contribution is 0.0581. The number of aliphatic hydroxyl groups is 1. The highest BCUT2D eigenvalue weighted by Crippen LogP contribution is 2.55. The van der Waals surface area contributed by atoms with E-state index in [4.69, 9.17) is 9.47 Å². The maximum Gasteiger partial charge on any atom is 0.358 e. The van der Waals surface area contributed by atoms with Crippen molar-refractivity contribution in [2.45, 2.75) is 55.7 Å². The third kappa shape index (κ3) is 6.69. The number of hydrogen-bond acceptors (Lipinski definition) is 10. The van der Waals surface area contributed by atoms with E-state index in [1.54, 1.807) is 73.8 Å². The molecule has 58 heavy (non-hydrogen) atoms. The summed E-state index contributed by atoms with van der Waals surface area (Å²) in [7, 11) is 6.08. The number of hydrogen-bond donors (Lipinski definition) is 1. The fourth-order valence-corrected chi connectivity index (χ4v) is 8.87. The van der Waals surface area contributed by atoms with Crippen molar-refractivity contribution in [3.8, 4) is 22.8 Å². The highest BCUT2D eigenvalue weighted by Gasteiger charge is 2.44. The number of carbonyl (C=O) groups is 3. The predicted molar refractivity (Wildman–Crippen MR) is 211 cm³/mol. The first-order valence-corrected chi connectivity index (χ1v) is 19.9. The van der Waals surface area contributed by atoms with Crippen LogP contribution >= 0.6 is 31.9 Å². The van der Waals surface area contributed by atoms with Crippen LogP contribution in [0.5, 0.6) is 0 Å². The Morgan fingerprint density at radius 1 is 0.828 bits per heavy atom. The Kier molecular flexibility index (Phi) is 10.5. The van der Waals surface area contributed by atoms with Crippen LogP contribution in [-0.4, -0.2) is 76.2 Å². The number of aldehydes is 1. The van der Waals surface area contributed by atoms with E-state index in [0.717, 1.165) is 60.0 Å². The van der Waals surface area contributed by atoms with Crippen LogP contribution in [0, 0.1) is 11.6 Å². The van der Waals surface area contributed by atoms with Crippen molar-refractivity contribution >= 4 is 50.1 Å². The molecule has 2 aromatic carbocycles. The second-order valence-electron chi connectivity index (χ2n) is 14.5. The molecule has 1 atom stereocenters. The molecular weight excluding hydrogens is 886 g/mol. The normalized spacial score (nSPS) is 19.3. The molecule has 4 aromatic heterocycles. The Balaban J connectivity index is 0.000000141. The molecule has 300 valence electrons. The van der Waals surface area contributed by atoms with Crippen molar-refractivity contribution in [2.24, 2.45) is 14.1 Å². The summed E-state index contributed by atoms with van der Waals surface area (Å²) in [5.74, 6) is 0.201. The molecular formula is C40H36Br2F2N8O6. The number of methoxy groups -OCH3 is 2. The van der Waals surface area contributed by atoms with Crippen LogP contribution in [0.2, 0.25) is 0 Å². The average Bonchev–Trinajstić information content (AvgIpc) is 3.95. The minimum atomic E-state index is -1.11. The van der Waals surface area contributed by atoms with Gasteiger partial charge in [0.15, 0.2) is 17.7 Å². The second-order valence-corrected chi connectivity index (χ2v) is 16.2. The van der Waals surface area contributed by atoms with Gasteiger partial charge in [0.05, 0.1) is 34.6 Å². The van der Waals surface area contributed by atoms with Crippen LogP contribution in [0.15, 0.2) is 63.9 Å². The van der Waals surface area contributed by atoms with E-state index in [2.05, 4.69) is 52.0 Å². The quantitative estimate of drug-likeness (QED) is 0.136. The molecule has 1 unspecified atom stereocenters. The van der Waals surface area contributed by atoms with Gasteiger partial charge in [0.2, 0.25) is 0 Å². The minimum absolute atomic E-state index is 0.0629. The summed E-state index contributed by atoms with van der Waals surface area (Å²) in [6.45, 7) is 0. The van der Waals surface area contributed by atoms with Gasteiger partial charge >= 0.3 is 11.9 Å². The molecule has 2 saturated carbocycles.